The Hall–Kier alpha value is -2.85. The Bertz CT molecular complexity index is 1160. The summed E-state index contributed by atoms with van der Waals surface area (Å²) in [6.07, 6.45) is 10.6. The van der Waals surface area contributed by atoms with Crippen molar-refractivity contribution < 1.29 is 9.59 Å². The van der Waals surface area contributed by atoms with Crippen LogP contribution in [0.3, 0.4) is 0 Å². The van der Waals surface area contributed by atoms with Gasteiger partial charge < -0.3 is 10.2 Å². The van der Waals surface area contributed by atoms with Gasteiger partial charge in [0.2, 0.25) is 5.91 Å². The number of amides is 2. The van der Waals surface area contributed by atoms with Crippen LogP contribution in [0.25, 0.3) is 0 Å². The first-order chi connectivity index (χ1) is 16.7. The predicted octanol–water partition coefficient (Wildman–Crippen LogP) is 6.94. The molecule has 4 nitrogen and oxygen atoms in total. The summed E-state index contributed by atoms with van der Waals surface area (Å²) in [6.45, 7) is 9.00. The molecule has 0 spiro atoms. The average Bonchev–Trinajstić information content (AvgIpc) is 2.85. The minimum Gasteiger partial charge on any atom is -0.334 e. The average molecular weight is 491 g/mol. The highest BCUT2D eigenvalue weighted by atomic mass is 35.5. The van der Waals surface area contributed by atoms with Gasteiger partial charge in [-0.25, -0.2) is 0 Å². The Morgan fingerprint density at radius 1 is 1.09 bits per heavy atom. The van der Waals surface area contributed by atoms with E-state index in [4.69, 9.17) is 11.6 Å². The third-order valence-electron chi connectivity index (χ3n) is 7.15. The standard InChI is InChI=1S/C30H35ClN2O2/c1-20-11-8-16-24(26(20)31)29(35)33-18-10-17-25(27(33)21-12-6-5-7-13-21)28(34)32-23-15-9-14-22(19-23)30(2,3)4/h5-9,11-12,14-16,19,21,25,27H,10,13,17-18H2,1-4H3,(H,32,34)/t21?,25-,27-/m0/s1. The molecule has 1 heterocycles. The predicted molar refractivity (Wildman–Crippen MR) is 144 cm³/mol. The summed E-state index contributed by atoms with van der Waals surface area (Å²) >= 11 is 6.55. The van der Waals surface area contributed by atoms with Gasteiger partial charge in [0.15, 0.2) is 0 Å². The Labute approximate surface area is 214 Å². The van der Waals surface area contributed by atoms with Crippen LogP contribution in [0.4, 0.5) is 5.69 Å². The van der Waals surface area contributed by atoms with Gasteiger partial charge in [0.05, 0.1) is 22.5 Å². The van der Waals surface area contributed by atoms with Crippen LogP contribution in [-0.4, -0.2) is 29.3 Å². The third kappa shape index (κ3) is 5.54. The molecule has 2 aromatic rings. The van der Waals surface area contributed by atoms with Gasteiger partial charge in [-0.2, -0.15) is 0 Å². The van der Waals surface area contributed by atoms with E-state index in [1.54, 1.807) is 6.07 Å². The molecule has 2 aliphatic rings. The number of rotatable bonds is 4. The van der Waals surface area contributed by atoms with E-state index < -0.39 is 0 Å². The van der Waals surface area contributed by atoms with Crippen molar-refractivity contribution in [3.8, 4) is 0 Å². The summed E-state index contributed by atoms with van der Waals surface area (Å²) in [4.78, 5) is 29.4. The van der Waals surface area contributed by atoms with Crippen molar-refractivity contribution >= 4 is 29.1 Å². The van der Waals surface area contributed by atoms with Crippen LogP contribution in [0.2, 0.25) is 5.02 Å². The fourth-order valence-electron chi connectivity index (χ4n) is 5.19. The number of piperidine rings is 1. The molecule has 184 valence electrons. The molecule has 1 fully saturated rings. The summed E-state index contributed by atoms with van der Waals surface area (Å²) in [6, 6.07) is 13.4. The molecular formula is C30H35ClN2O2. The van der Waals surface area contributed by atoms with Gasteiger partial charge >= 0.3 is 0 Å². The highest BCUT2D eigenvalue weighted by molar-refractivity contribution is 6.34. The fraction of sp³-hybridized carbons (Fsp3) is 0.400. The van der Waals surface area contributed by atoms with Gasteiger partial charge in [0.1, 0.15) is 0 Å². The fourth-order valence-corrected chi connectivity index (χ4v) is 5.40. The number of aryl methyl sites for hydroxylation is 1. The van der Waals surface area contributed by atoms with Crippen molar-refractivity contribution in [2.75, 3.05) is 11.9 Å². The molecule has 2 amide bonds. The van der Waals surface area contributed by atoms with Gasteiger partial charge in [-0.15, -0.1) is 0 Å². The molecule has 1 unspecified atom stereocenters. The molecule has 1 N–H and O–H groups in total. The largest absolute Gasteiger partial charge is 0.334 e. The zero-order valence-electron chi connectivity index (χ0n) is 21.1. The van der Waals surface area contributed by atoms with Crippen molar-refractivity contribution in [1.82, 2.24) is 4.90 Å². The maximum atomic E-state index is 13.8. The molecule has 3 atom stereocenters. The number of likely N-dealkylation sites (tertiary alicyclic amines) is 1. The lowest BCUT2D eigenvalue weighted by atomic mass is 9.77. The van der Waals surface area contributed by atoms with Crippen LogP contribution in [0.15, 0.2) is 66.8 Å². The Balaban J connectivity index is 1.64. The topological polar surface area (TPSA) is 49.4 Å². The molecule has 0 aromatic heterocycles. The van der Waals surface area contributed by atoms with Gasteiger partial charge in [0, 0.05) is 18.2 Å². The molecular weight excluding hydrogens is 456 g/mol. The SMILES string of the molecule is Cc1cccc(C(=O)N2CCC[C@H](C(=O)Nc3cccc(C(C)(C)C)c3)[C@@H]2C2C=CC=CC2)c1Cl. The number of nitrogens with one attached hydrogen (secondary N) is 1. The molecule has 0 radical (unpaired) electrons. The van der Waals surface area contributed by atoms with Crippen molar-refractivity contribution in [2.24, 2.45) is 11.8 Å². The van der Waals surface area contributed by atoms with Crippen LogP contribution in [-0.2, 0) is 10.2 Å². The molecule has 1 aliphatic heterocycles. The summed E-state index contributed by atoms with van der Waals surface area (Å²) in [7, 11) is 0. The second-order valence-corrected chi connectivity index (χ2v) is 11.1. The van der Waals surface area contributed by atoms with Crippen LogP contribution >= 0.6 is 11.6 Å². The van der Waals surface area contributed by atoms with E-state index in [9.17, 15) is 9.59 Å². The van der Waals surface area contributed by atoms with Crippen LogP contribution < -0.4 is 5.32 Å². The van der Waals surface area contributed by atoms with E-state index >= 15 is 0 Å². The molecule has 1 aliphatic carbocycles. The number of nitrogens with zero attached hydrogens (tertiary/aromatic N) is 1. The molecule has 35 heavy (non-hydrogen) atoms. The number of anilines is 1. The smallest absolute Gasteiger partial charge is 0.255 e. The maximum Gasteiger partial charge on any atom is 0.255 e. The third-order valence-corrected chi connectivity index (χ3v) is 7.66. The van der Waals surface area contributed by atoms with Gasteiger partial charge in [-0.1, -0.05) is 80.9 Å². The quantitative estimate of drug-likeness (QED) is 0.504. The maximum absolute atomic E-state index is 13.8. The van der Waals surface area contributed by atoms with E-state index in [-0.39, 0.29) is 35.1 Å². The molecule has 0 bridgehead atoms. The van der Waals surface area contributed by atoms with Crippen LogP contribution in [0.1, 0.15) is 61.5 Å². The first kappa shape index (κ1) is 25.2. The summed E-state index contributed by atoms with van der Waals surface area (Å²) in [5.74, 6) is -0.365. The van der Waals surface area contributed by atoms with E-state index in [2.05, 4.69) is 50.4 Å². The first-order valence-electron chi connectivity index (χ1n) is 12.5. The minimum absolute atomic E-state index is 0.0103. The van der Waals surface area contributed by atoms with Crippen LogP contribution in [0, 0.1) is 18.8 Å². The molecule has 0 saturated carbocycles. The van der Waals surface area contributed by atoms with E-state index in [1.807, 2.05) is 48.2 Å². The highest BCUT2D eigenvalue weighted by Crippen LogP contribution is 2.36. The number of hydrogen-bond acceptors (Lipinski definition) is 2. The minimum atomic E-state index is -0.310. The lowest BCUT2D eigenvalue weighted by Gasteiger charge is -2.44. The normalized spacial score (nSPS) is 22.2. The van der Waals surface area contributed by atoms with Gasteiger partial charge in [-0.3, -0.25) is 9.59 Å². The Morgan fingerprint density at radius 3 is 2.57 bits per heavy atom. The van der Waals surface area contributed by atoms with Crippen molar-refractivity contribution in [3.63, 3.8) is 0 Å². The number of benzene rings is 2. The molecule has 1 saturated heterocycles. The Kier molecular flexibility index (Phi) is 7.51. The monoisotopic (exact) mass is 490 g/mol. The van der Waals surface area contributed by atoms with Crippen molar-refractivity contribution in [3.05, 3.63) is 88.5 Å². The lowest BCUT2D eigenvalue weighted by molar-refractivity contribution is -0.123. The Morgan fingerprint density at radius 2 is 1.86 bits per heavy atom. The van der Waals surface area contributed by atoms with Crippen molar-refractivity contribution in [1.29, 1.82) is 0 Å². The van der Waals surface area contributed by atoms with E-state index in [0.29, 0.717) is 17.1 Å². The van der Waals surface area contributed by atoms with Gasteiger partial charge in [0.25, 0.3) is 5.91 Å². The second kappa shape index (κ2) is 10.4. The van der Waals surface area contributed by atoms with Crippen LogP contribution in [0.5, 0.6) is 0 Å². The number of carbonyl (C=O) groups excluding carboxylic acids is 2. The first-order valence-corrected chi connectivity index (χ1v) is 12.9. The number of carbonyl (C=O) groups is 2. The number of allylic oxidation sites excluding steroid dienone is 3. The van der Waals surface area contributed by atoms with E-state index in [0.717, 1.165) is 30.5 Å². The lowest BCUT2D eigenvalue weighted by Crippen LogP contribution is -2.55. The highest BCUT2D eigenvalue weighted by Gasteiger charge is 2.42. The summed E-state index contributed by atoms with van der Waals surface area (Å²) in [5.41, 5.74) is 3.33. The van der Waals surface area contributed by atoms with Crippen molar-refractivity contribution in [2.45, 2.75) is 58.4 Å². The zero-order chi connectivity index (χ0) is 25.2. The number of hydrogen-bond donors (Lipinski definition) is 1. The summed E-state index contributed by atoms with van der Waals surface area (Å²) in [5, 5.41) is 3.65. The zero-order valence-corrected chi connectivity index (χ0v) is 21.8. The van der Waals surface area contributed by atoms with E-state index in [1.165, 1.54) is 5.56 Å². The molecule has 5 heteroatoms. The molecule has 4 rings (SSSR count). The second-order valence-electron chi connectivity index (χ2n) is 10.7. The van der Waals surface area contributed by atoms with Gasteiger partial charge in [-0.05, 0) is 60.9 Å². The number of halogens is 1. The molecule has 2 aromatic carbocycles. The summed E-state index contributed by atoms with van der Waals surface area (Å²) < 4.78 is 0.